The Morgan fingerprint density at radius 2 is 1.76 bits per heavy atom. The predicted molar refractivity (Wildman–Crippen MR) is 118 cm³/mol. The van der Waals surface area contributed by atoms with Gasteiger partial charge in [0.1, 0.15) is 5.70 Å². The van der Waals surface area contributed by atoms with E-state index in [-0.39, 0.29) is 10.6 Å². The monoisotopic (exact) mass is 432 g/mol. The molecular formula is C22H25ClN2O3S. The molecule has 0 saturated carbocycles. The Morgan fingerprint density at radius 3 is 2.34 bits per heavy atom. The molecule has 0 aromatic heterocycles. The molecule has 2 rings (SSSR count). The molecule has 0 aliphatic rings. The molecule has 0 fully saturated rings. The lowest BCUT2D eigenvalue weighted by Gasteiger charge is -2.12. The van der Waals surface area contributed by atoms with Gasteiger partial charge in [-0.3, -0.25) is 4.79 Å². The molecule has 0 heterocycles. The Morgan fingerprint density at radius 1 is 1.10 bits per heavy atom. The number of aryl methyl sites for hydroxylation is 2. The Labute approximate surface area is 177 Å². The summed E-state index contributed by atoms with van der Waals surface area (Å²) in [5, 5.41) is 0.568. The molecular weight excluding hydrogens is 408 g/mol. The first kappa shape index (κ1) is 22.8. The SMILES string of the molecule is CC/C(C)=C(/N=C(C)c1cc(C)cc(Cl)c1)C(=O)NS(=O)(=O)c1ccccc1C. The lowest BCUT2D eigenvalue weighted by Crippen LogP contribution is -2.32. The van der Waals surface area contributed by atoms with Crippen LogP contribution in [-0.4, -0.2) is 20.0 Å². The number of hydrogen-bond donors (Lipinski definition) is 1. The predicted octanol–water partition coefficient (Wildman–Crippen LogP) is 4.95. The van der Waals surface area contributed by atoms with Gasteiger partial charge in [-0.2, -0.15) is 0 Å². The van der Waals surface area contributed by atoms with Gasteiger partial charge >= 0.3 is 0 Å². The van der Waals surface area contributed by atoms with Gasteiger partial charge in [0, 0.05) is 10.7 Å². The maximum atomic E-state index is 12.9. The summed E-state index contributed by atoms with van der Waals surface area (Å²) in [5.74, 6) is -0.759. The van der Waals surface area contributed by atoms with Crippen molar-refractivity contribution in [1.29, 1.82) is 0 Å². The van der Waals surface area contributed by atoms with Crippen LogP contribution in [-0.2, 0) is 14.8 Å². The van der Waals surface area contributed by atoms with Crippen molar-refractivity contribution in [2.75, 3.05) is 0 Å². The van der Waals surface area contributed by atoms with Crippen molar-refractivity contribution in [2.24, 2.45) is 4.99 Å². The van der Waals surface area contributed by atoms with Gasteiger partial charge in [0.15, 0.2) is 0 Å². The summed E-state index contributed by atoms with van der Waals surface area (Å²) in [4.78, 5) is 17.4. The maximum absolute atomic E-state index is 12.9. The summed E-state index contributed by atoms with van der Waals surface area (Å²) in [6, 6.07) is 12.0. The molecule has 1 N–H and O–H groups in total. The molecule has 5 nitrogen and oxygen atoms in total. The number of hydrogen-bond acceptors (Lipinski definition) is 4. The molecule has 0 aliphatic carbocycles. The van der Waals surface area contributed by atoms with Crippen LogP contribution >= 0.6 is 11.6 Å². The van der Waals surface area contributed by atoms with Gasteiger partial charge in [-0.1, -0.05) is 42.8 Å². The van der Waals surface area contributed by atoms with E-state index in [0.29, 0.717) is 28.3 Å². The third-order valence-electron chi connectivity index (χ3n) is 4.50. The number of allylic oxidation sites excluding steroid dienone is 1. The van der Waals surface area contributed by atoms with E-state index in [0.717, 1.165) is 11.1 Å². The van der Waals surface area contributed by atoms with Crippen molar-refractivity contribution in [3.63, 3.8) is 0 Å². The lowest BCUT2D eigenvalue weighted by atomic mass is 10.1. The first-order valence-electron chi connectivity index (χ1n) is 9.20. The van der Waals surface area contributed by atoms with Gasteiger partial charge < -0.3 is 0 Å². The number of carbonyl (C=O) groups is 1. The van der Waals surface area contributed by atoms with Crippen molar-refractivity contribution in [1.82, 2.24) is 4.72 Å². The van der Waals surface area contributed by atoms with Crippen molar-refractivity contribution in [2.45, 2.75) is 45.9 Å². The fourth-order valence-corrected chi connectivity index (χ4v) is 4.26. The fourth-order valence-electron chi connectivity index (χ4n) is 2.77. The number of aliphatic imine (C=N–C) groups is 1. The fraction of sp³-hybridized carbons (Fsp3) is 0.273. The molecule has 0 radical (unpaired) electrons. The van der Waals surface area contributed by atoms with Crippen LogP contribution in [0.15, 0.2) is 63.6 Å². The number of benzene rings is 2. The van der Waals surface area contributed by atoms with Crippen LogP contribution < -0.4 is 4.72 Å². The van der Waals surface area contributed by atoms with Crippen LogP contribution in [0.4, 0.5) is 0 Å². The van der Waals surface area contributed by atoms with Crippen LogP contribution in [0.3, 0.4) is 0 Å². The summed E-state index contributed by atoms with van der Waals surface area (Å²) in [5.41, 5.74) is 3.62. The first-order valence-corrected chi connectivity index (χ1v) is 11.1. The minimum Gasteiger partial charge on any atom is -0.266 e. The zero-order valence-corrected chi connectivity index (χ0v) is 18.8. The zero-order valence-electron chi connectivity index (χ0n) is 17.2. The molecule has 29 heavy (non-hydrogen) atoms. The summed E-state index contributed by atoms with van der Waals surface area (Å²) >= 11 is 6.13. The van der Waals surface area contributed by atoms with Crippen LogP contribution in [0.25, 0.3) is 0 Å². The topological polar surface area (TPSA) is 75.6 Å². The molecule has 2 aromatic carbocycles. The number of nitrogens with zero attached hydrogens (tertiary/aromatic N) is 1. The second kappa shape index (κ2) is 9.37. The van der Waals surface area contributed by atoms with Gasteiger partial charge in [0.05, 0.1) is 4.90 Å². The highest BCUT2D eigenvalue weighted by Crippen LogP contribution is 2.19. The van der Waals surface area contributed by atoms with Crippen LogP contribution in [0.1, 0.15) is 43.9 Å². The summed E-state index contributed by atoms with van der Waals surface area (Å²) in [6.07, 6.45) is 0.554. The van der Waals surface area contributed by atoms with E-state index in [9.17, 15) is 13.2 Å². The summed E-state index contributed by atoms with van der Waals surface area (Å²) in [7, 11) is -4.01. The normalized spacial score (nSPS) is 13.1. The van der Waals surface area contributed by atoms with E-state index in [1.807, 2.05) is 26.0 Å². The number of amides is 1. The average molecular weight is 433 g/mol. The van der Waals surface area contributed by atoms with E-state index in [1.165, 1.54) is 6.07 Å². The van der Waals surface area contributed by atoms with Crippen molar-refractivity contribution >= 4 is 33.2 Å². The third-order valence-corrected chi connectivity index (χ3v) is 6.21. The Balaban J connectivity index is 2.43. The third kappa shape index (κ3) is 5.78. The van der Waals surface area contributed by atoms with Gasteiger partial charge in [-0.05, 0) is 74.6 Å². The highest BCUT2D eigenvalue weighted by molar-refractivity contribution is 7.90. The van der Waals surface area contributed by atoms with Gasteiger partial charge in [0.2, 0.25) is 0 Å². The molecule has 0 aliphatic heterocycles. The number of nitrogens with one attached hydrogen (secondary N) is 1. The number of sulfonamides is 1. The minimum atomic E-state index is -4.01. The standard InChI is InChI=1S/C22H25ClN2O3S/c1-6-15(3)21(24-17(5)18-11-14(2)12-19(23)13-18)22(26)25-29(27,28)20-10-8-7-9-16(20)4/h7-13H,6H2,1-5H3,(H,25,26)/b21-15+,24-17?. The van der Waals surface area contributed by atoms with Crippen LogP contribution in [0.5, 0.6) is 0 Å². The minimum absolute atomic E-state index is 0.0630. The van der Waals surface area contributed by atoms with E-state index in [4.69, 9.17) is 11.6 Å². The second-order valence-corrected chi connectivity index (χ2v) is 8.98. The molecule has 0 bridgehead atoms. The highest BCUT2D eigenvalue weighted by Gasteiger charge is 2.23. The quantitative estimate of drug-likeness (QED) is 0.518. The molecule has 0 atom stereocenters. The van der Waals surface area contributed by atoms with Gasteiger partial charge in [-0.25, -0.2) is 18.1 Å². The molecule has 2 aromatic rings. The number of halogens is 1. The Hall–Kier alpha value is -2.44. The first-order chi connectivity index (χ1) is 13.5. The number of rotatable bonds is 6. The maximum Gasteiger partial charge on any atom is 0.283 e. The molecule has 0 saturated heterocycles. The van der Waals surface area contributed by atoms with Crippen LogP contribution in [0, 0.1) is 13.8 Å². The van der Waals surface area contributed by atoms with Crippen LogP contribution in [0.2, 0.25) is 5.02 Å². The molecule has 0 spiro atoms. The van der Waals surface area contributed by atoms with Crippen molar-refractivity contribution in [3.05, 3.63) is 75.4 Å². The Kier molecular flexibility index (Phi) is 7.38. The Bertz CT molecular complexity index is 1080. The summed E-state index contributed by atoms with van der Waals surface area (Å²) < 4.78 is 27.6. The average Bonchev–Trinajstić information content (AvgIpc) is 2.64. The zero-order chi connectivity index (χ0) is 21.8. The molecule has 7 heteroatoms. The smallest absolute Gasteiger partial charge is 0.266 e. The summed E-state index contributed by atoms with van der Waals surface area (Å²) in [6.45, 7) is 8.99. The van der Waals surface area contributed by atoms with E-state index >= 15 is 0 Å². The molecule has 0 unspecified atom stereocenters. The number of carbonyl (C=O) groups excluding carboxylic acids is 1. The van der Waals surface area contributed by atoms with Gasteiger partial charge in [0.25, 0.3) is 15.9 Å². The van der Waals surface area contributed by atoms with Crippen molar-refractivity contribution < 1.29 is 13.2 Å². The van der Waals surface area contributed by atoms with E-state index < -0.39 is 15.9 Å². The lowest BCUT2D eigenvalue weighted by molar-refractivity contribution is -0.115. The largest absolute Gasteiger partial charge is 0.283 e. The molecule has 1 amide bonds. The van der Waals surface area contributed by atoms with E-state index in [2.05, 4.69) is 9.71 Å². The second-order valence-electron chi connectivity index (χ2n) is 6.90. The van der Waals surface area contributed by atoms with Crippen molar-refractivity contribution in [3.8, 4) is 0 Å². The molecule has 154 valence electrons. The highest BCUT2D eigenvalue weighted by atomic mass is 35.5. The van der Waals surface area contributed by atoms with E-state index in [1.54, 1.807) is 45.0 Å². The van der Waals surface area contributed by atoms with Gasteiger partial charge in [-0.15, -0.1) is 0 Å².